The van der Waals surface area contributed by atoms with E-state index in [1.54, 1.807) is 13.8 Å². The first-order valence-corrected chi connectivity index (χ1v) is 10.8. The van der Waals surface area contributed by atoms with Crippen molar-refractivity contribution in [2.45, 2.75) is 50.0 Å². The zero-order valence-corrected chi connectivity index (χ0v) is 17.5. The Bertz CT molecular complexity index is 909. The van der Waals surface area contributed by atoms with E-state index >= 15 is 0 Å². The minimum atomic E-state index is -1.22. The number of aliphatic hydroxyl groups is 3. The van der Waals surface area contributed by atoms with Gasteiger partial charge in [-0.25, -0.2) is 4.79 Å². The van der Waals surface area contributed by atoms with Crippen LogP contribution in [-0.2, 0) is 20.3 Å². The maximum atomic E-state index is 12.1. The third-order valence-corrected chi connectivity index (χ3v) is 6.34. The van der Waals surface area contributed by atoms with Crippen molar-refractivity contribution in [3.8, 4) is 0 Å². The van der Waals surface area contributed by atoms with E-state index in [2.05, 4.69) is 10.3 Å². The summed E-state index contributed by atoms with van der Waals surface area (Å²) in [5, 5.41) is 30.8. The van der Waals surface area contributed by atoms with Crippen LogP contribution >= 0.6 is 0 Å². The van der Waals surface area contributed by atoms with Gasteiger partial charge in [0.25, 0.3) is 5.56 Å². The third kappa shape index (κ3) is 6.19. The smallest absolute Gasteiger partial charge is 0.330 e. The number of amides is 1. The number of aromatic nitrogens is 2. The third-order valence-electron chi connectivity index (χ3n) is 4.56. The van der Waals surface area contributed by atoms with Gasteiger partial charge in [0.15, 0.2) is 0 Å². The number of aliphatic hydroxyl groups excluding tert-OH is 3. The first-order chi connectivity index (χ1) is 14.2. The van der Waals surface area contributed by atoms with Crippen LogP contribution in [0.4, 0.5) is 0 Å². The Kier molecular flexibility index (Phi) is 8.67. The van der Waals surface area contributed by atoms with Crippen LogP contribution in [-0.4, -0.2) is 77.5 Å². The van der Waals surface area contributed by atoms with Crippen LogP contribution in [0.15, 0.2) is 21.9 Å². The minimum absolute atomic E-state index is 0.0124. The van der Waals surface area contributed by atoms with Crippen molar-refractivity contribution in [3.63, 3.8) is 0 Å². The highest BCUT2D eigenvalue weighted by Crippen LogP contribution is 2.27. The number of hydrogen-bond donors (Lipinski definition) is 5. The number of ether oxygens (including phenoxy) is 1. The number of nitrogens with zero attached hydrogens (tertiary/aromatic N) is 1. The highest BCUT2D eigenvalue weighted by Gasteiger charge is 2.35. The molecular weight excluding hydrogens is 418 g/mol. The Morgan fingerprint density at radius 2 is 2.13 bits per heavy atom. The molecule has 5 atom stereocenters. The molecule has 0 saturated carbocycles. The molecule has 168 valence electrons. The maximum absolute atomic E-state index is 12.1. The summed E-state index contributed by atoms with van der Waals surface area (Å²) in [7, 11) is -1.22. The second-order valence-corrected chi connectivity index (χ2v) is 9.22. The van der Waals surface area contributed by atoms with Crippen molar-refractivity contribution in [2.24, 2.45) is 0 Å². The fraction of sp³-hybridized carbons (Fsp3) is 0.611. The topological polar surface area (TPSA) is 171 Å². The van der Waals surface area contributed by atoms with Gasteiger partial charge in [-0.2, -0.15) is 0 Å². The van der Waals surface area contributed by atoms with Gasteiger partial charge in [-0.3, -0.25) is 23.3 Å². The van der Waals surface area contributed by atoms with Crippen LogP contribution in [0, 0.1) is 0 Å². The lowest BCUT2D eigenvalue weighted by atomic mass is 10.2. The normalized spacial score (nSPS) is 23.7. The van der Waals surface area contributed by atoms with Crippen LogP contribution in [0.2, 0.25) is 0 Å². The zero-order chi connectivity index (χ0) is 22.4. The van der Waals surface area contributed by atoms with Crippen LogP contribution in [0.5, 0.6) is 0 Å². The lowest BCUT2D eigenvalue weighted by Crippen LogP contribution is -2.41. The molecule has 11 nitrogen and oxygen atoms in total. The number of nitrogens with one attached hydrogen (secondary N) is 2. The van der Waals surface area contributed by atoms with Gasteiger partial charge in [0.2, 0.25) is 5.91 Å². The SMILES string of the molecule is CC(C)S(=O)CC(CO)NC(=O)/C=C/c1cn([C@H]2C[C@H](O)[C@@H](CO)O2)c(=O)[nH]c1=O. The average molecular weight is 445 g/mol. The summed E-state index contributed by atoms with van der Waals surface area (Å²) >= 11 is 0. The summed E-state index contributed by atoms with van der Waals surface area (Å²) in [6.45, 7) is 2.72. The highest BCUT2D eigenvalue weighted by molar-refractivity contribution is 7.85. The van der Waals surface area contributed by atoms with Gasteiger partial charge in [-0.05, 0) is 6.08 Å². The molecule has 0 radical (unpaired) electrons. The van der Waals surface area contributed by atoms with E-state index in [0.29, 0.717) is 0 Å². The van der Waals surface area contributed by atoms with E-state index in [9.17, 15) is 28.8 Å². The van der Waals surface area contributed by atoms with Gasteiger partial charge in [0, 0.05) is 40.5 Å². The molecule has 1 aliphatic heterocycles. The van der Waals surface area contributed by atoms with Crippen LogP contribution in [0.25, 0.3) is 6.08 Å². The van der Waals surface area contributed by atoms with E-state index in [1.165, 1.54) is 12.3 Å². The number of hydrogen-bond acceptors (Lipinski definition) is 8. The molecule has 5 N–H and O–H groups in total. The van der Waals surface area contributed by atoms with Gasteiger partial charge < -0.3 is 25.4 Å². The molecule has 2 rings (SSSR count). The molecule has 1 aromatic heterocycles. The van der Waals surface area contributed by atoms with Crippen molar-refractivity contribution in [2.75, 3.05) is 19.0 Å². The Labute approximate surface area is 174 Å². The maximum Gasteiger partial charge on any atom is 0.330 e. The lowest BCUT2D eigenvalue weighted by molar-refractivity contribution is -0.117. The zero-order valence-electron chi connectivity index (χ0n) is 16.7. The lowest BCUT2D eigenvalue weighted by Gasteiger charge is -2.16. The van der Waals surface area contributed by atoms with Gasteiger partial charge >= 0.3 is 5.69 Å². The second kappa shape index (κ2) is 10.8. The molecule has 2 unspecified atom stereocenters. The first-order valence-electron chi connectivity index (χ1n) is 9.42. The number of rotatable bonds is 9. The fourth-order valence-electron chi connectivity index (χ4n) is 2.83. The highest BCUT2D eigenvalue weighted by atomic mass is 32.2. The van der Waals surface area contributed by atoms with Crippen molar-refractivity contribution < 1.29 is 29.1 Å². The van der Waals surface area contributed by atoms with Gasteiger partial charge in [0.05, 0.1) is 30.9 Å². The van der Waals surface area contributed by atoms with E-state index in [0.717, 1.165) is 10.6 Å². The van der Waals surface area contributed by atoms with E-state index in [-0.39, 0.29) is 23.0 Å². The molecule has 1 fully saturated rings. The summed E-state index contributed by atoms with van der Waals surface area (Å²) in [5.74, 6) is -0.521. The molecular formula is C18H27N3O8S. The molecule has 0 aromatic carbocycles. The van der Waals surface area contributed by atoms with E-state index in [4.69, 9.17) is 9.84 Å². The minimum Gasteiger partial charge on any atom is -0.394 e. The van der Waals surface area contributed by atoms with Crippen LogP contribution < -0.4 is 16.6 Å². The summed E-state index contributed by atoms with van der Waals surface area (Å²) < 4.78 is 18.4. The van der Waals surface area contributed by atoms with Gasteiger partial charge in [0.1, 0.15) is 12.3 Å². The van der Waals surface area contributed by atoms with E-state index < -0.39 is 65.6 Å². The summed E-state index contributed by atoms with van der Waals surface area (Å²) in [4.78, 5) is 38.3. The molecule has 2 heterocycles. The molecule has 30 heavy (non-hydrogen) atoms. The Morgan fingerprint density at radius 1 is 1.43 bits per heavy atom. The summed E-state index contributed by atoms with van der Waals surface area (Å²) in [5.41, 5.74) is -1.49. The summed E-state index contributed by atoms with van der Waals surface area (Å²) in [6, 6.07) is -0.707. The second-order valence-electron chi connectivity index (χ2n) is 7.18. The van der Waals surface area contributed by atoms with Gasteiger partial charge in [-0.1, -0.05) is 13.8 Å². The molecule has 0 bridgehead atoms. The van der Waals surface area contributed by atoms with Crippen molar-refractivity contribution in [1.29, 1.82) is 0 Å². The Balaban J connectivity index is 2.13. The molecule has 1 amide bonds. The molecule has 12 heteroatoms. The number of carbonyl (C=O) groups excluding carboxylic acids is 1. The van der Waals surface area contributed by atoms with Crippen LogP contribution in [0.1, 0.15) is 32.1 Å². The largest absolute Gasteiger partial charge is 0.394 e. The Morgan fingerprint density at radius 3 is 2.70 bits per heavy atom. The fourth-order valence-corrected chi connectivity index (χ4v) is 3.80. The van der Waals surface area contributed by atoms with Crippen molar-refractivity contribution >= 4 is 22.8 Å². The molecule has 1 saturated heterocycles. The average Bonchev–Trinajstić information content (AvgIpc) is 3.06. The standard InChI is InChI=1S/C18H27N3O8S/c1-10(2)30(28)9-12(7-22)19-15(25)4-3-11-6-21(18(27)20-17(11)26)16-5-13(24)14(8-23)29-16/h3-4,6,10,12-14,16,22-24H,5,7-9H2,1-2H3,(H,19,25)(H,20,26,27)/b4-3+/t12?,13-,14+,16+,30?/m0/s1. The number of carbonyl (C=O) groups is 1. The first kappa shape index (κ1) is 24.2. The molecule has 1 aromatic rings. The van der Waals surface area contributed by atoms with Crippen LogP contribution in [0.3, 0.4) is 0 Å². The summed E-state index contributed by atoms with van der Waals surface area (Å²) in [6.07, 6.45) is 0.799. The molecule has 1 aliphatic rings. The van der Waals surface area contributed by atoms with Gasteiger partial charge in [-0.15, -0.1) is 0 Å². The van der Waals surface area contributed by atoms with E-state index in [1.807, 2.05) is 0 Å². The molecule has 0 spiro atoms. The number of aromatic amines is 1. The quantitative estimate of drug-likeness (QED) is 0.267. The predicted molar refractivity (Wildman–Crippen MR) is 109 cm³/mol. The Hall–Kier alpha value is -2.12. The molecule has 0 aliphatic carbocycles. The number of H-pyrrole nitrogens is 1. The monoisotopic (exact) mass is 445 g/mol. The van der Waals surface area contributed by atoms with Crippen molar-refractivity contribution in [1.82, 2.24) is 14.9 Å². The van der Waals surface area contributed by atoms with Crippen molar-refractivity contribution in [3.05, 3.63) is 38.7 Å². The predicted octanol–water partition coefficient (Wildman–Crippen LogP) is -2.18.